The largest absolute Gasteiger partial charge is 0.389 e. The summed E-state index contributed by atoms with van der Waals surface area (Å²) in [7, 11) is 1.97. The fourth-order valence-corrected chi connectivity index (χ4v) is 3.79. The topological polar surface area (TPSA) is 48.4 Å². The van der Waals surface area contributed by atoms with Crippen molar-refractivity contribution in [2.75, 3.05) is 25.0 Å². The zero-order valence-corrected chi connectivity index (χ0v) is 13.2. The smallest absolute Gasteiger partial charge is 0.128 e. The Morgan fingerprint density at radius 3 is 2.95 bits per heavy atom. The third-order valence-corrected chi connectivity index (χ3v) is 5.46. The SMILES string of the molecule is CNC(C)c1ccc(N2CCC3(O)CCCCC3C2)nc1. The number of nitrogens with zero attached hydrogens (tertiary/aromatic N) is 2. The van der Waals surface area contributed by atoms with Crippen molar-refractivity contribution in [2.45, 2.75) is 50.7 Å². The van der Waals surface area contributed by atoms with Crippen molar-refractivity contribution >= 4 is 5.82 Å². The van der Waals surface area contributed by atoms with Crippen LogP contribution in [0.2, 0.25) is 0 Å². The summed E-state index contributed by atoms with van der Waals surface area (Å²) in [6.45, 7) is 4.01. The Morgan fingerprint density at radius 2 is 2.24 bits per heavy atom. The molecule has 3 rings (SSSR count). The molecule has 1 aliphatic carbocycles. The van der Waals surface area contributed by atoms with Crippen LogP contribution in [0.4, 0.5) is 5.82 Å². The Morgan fingerprint density at radius 1 is 1.38 bits per heavy atom. The number of hydrogen-bond donors (Lipinski definition) is 2. The van der Waals surface area contributed by atoms with Crippen molar-refractivity contribution in [1.29, 1.82) is 0 Å². The molecule has 1 saturated heterocycles. The summed E-state index contributed by atoms with van der Waals surface area (Å²) in [4.78, 5) is 6.98. The number of aromatic nitrogens is 1. The van der Waals surface area contributed by atoms with Gasteiger partial charge in [0.25, 0.3) is 0 Å². The van der Waals surface area contributed by atoms with Crippen LogP contribution < -0.4 is 10.2 Å². The number of fused-ring (bicyclic) bond motifs is 1. The van der Waals surface area contributed by atoms with E-state index in [0.717, 1.165) is 38.2 Å². The van der Waals surface area contributed by atoms with Gasteiger partial charge in [-0.2, -0.15) is 0 Å². The third kappa shape index (κ3) is 2.92. The molecule has 2 fully saturated rings. The number of piperidine rings is 1. The second-order valence-electron chi connectivity index (χ2n) is 6.70. The van der Waals surface area contributed by atoms with Crippen LogP contribution in [0.25, 0.3) is 0 Å². The minimum absolute atomic E-state index is 0.330. The first-order chi connectivity index (χ1) is 10.1. The Hall–Kier alpha value is -1.13. The molecule has 0 aromatic carbocycles. The van der Waals surface area contributed by atoms with E-state index in [-0.39, 0.29) is 0 Å². The number of anilines is 1. The van der Waals surface area contributed by atoms with E-state index in [0.29, 0.717) is 12.0 Å². The summed E-state index contributed by atoms with van der Waals surface area (Å²) in [5, 5.41) is 14.0. The van der Waals surface area contributed by atoms with Gasteiger partial charge in [-0.3, -0.25) is 0 Å². The van der Waals surface area contributed by atoms with E-state index in [1.807, 2.05) is 13.2 Å². The van der Waals surface area contributed by atoms with Gasteiger partial charge in [-0.15, -0.1) is 0 Å². The molecule has 0 radical (unpaired) electrons. The second-order valence-corrected chi connectivity index (χ2v) is 6.70. The molecule has 1 aromatic rings. The van der Waals surface area contributed by atoms with Crippen molar-refractivity contribution in [3.05, 3.63) is 23.9 Å². The molecule has 3 unspecified atom stereocenters. The van der Waals surface area contributed by atoms with E-state index >= 15 is 0 Å². The highest BCUT2D eigenvalue weighted by molar-refractivity contribution is 5.41. The first kappa shape index (κ1) is 14.8. The Kier molecular flexibility index (Phi) is 4.18. The summed E-state index contributed by atoms with van der Waals surface area (Å²) in [5.74, 6) is 1.47. The fraction of sp³-hybridized carbons (Fsp3) is 0.706. The monoisotopic (exact) mass is 289 g/mol. The lowest BCUT2D eigenvalue weighted by Crippen LogP contribution is -2.53. The minimum atomic E-state index is -0.407. The minimum Gasteiger partial charge on any atom is -0.389 e. The highest BCUT2D eigenvalue weighted by Gasteiger charge is 2.42. The molecule has 0 spiro atoms. The lowest BCUT2D eigenvalue weighted by Gasteiger charge is -2.47. The van der Waals surface area contributed by atoms with Gasteiger partial charge in [0.1, 0.15) is 5.82 Å². The van der Waals surface area contributed by atoms with Crippen LogP contribution in [0.1, 0.15) is 50.6 Å². The van der Waals surface area contributed by atoms with Crippen LogP contribution in [-0.2, 0) is 0 Å². The van der Waals surface area contributed by atoms with Crippen LogP contribution in [0.3, 0.4) is 0 Å². The molecular weight excluding hydrogens is 262 g/mol. The van der Waals surface area contributed by atoms with E-state index in [2.05, 4.69) is 34.3 Å². The zero-order valence-electron chi connectivity index (χ0n) is 13.2. The average molecular weight is 289 g/mol. The van der Waals surface area contributed by atoms with E-state index in [1.54, 1.807) is 0 Å². The standard InChI is InChI=1S/C17H27N3O/c1-13(18-2)14-6-7-16(19-11-14)20-10-9-17(21)8-4-3-5-15(17)12-20/h6-7,11,13,15,18,21H,3-5,8-10,12H2,1-2H3. The quantitative estimate of drug-likeness (QED) is 0.897. The van der Waals surface area contributed by atoms with Crippen LogP contribution in [0.5, 0.6) is 0 Å². The molecule has 1 saturated carbocycles. The number of rotatable bonds is 3. The van der Waals surface area contributed by atoms with Crippen LogP contribution in [-0.4, -0.2) is 35.8 Å². The van der Waals surface area contributed by atoms with Gasteiger partial charge in [-0.05, 0) is 44.9 Å². The fourth-order valence-electron chi connectivity index (χ4n) is 3.79. The molecule has 3 atom stereocenters. The predicted molar refractivity (Wildman–Crippen MR) is 85.4 cm³/mol. The summed E-state index contributed by atoms with van der Waals surface area (Å²) >= 11 is 0. The maximum absolute atomic E-state index is 10.7. The van der Waals surface area contributed by atoms with Crippen molar-refractivity contribution < 1.29 is 5.11 Å². The van der Waals surface area contributed by atoms with Gasteiger partial charge in [0.05, 0.1) is 5.60 Å². The van der Waals surface area contributed by atoms with Gasteiger partial charge in [0, 0.05) is 31.2 Å². The van der Waals surface area contributed by atoms with Crippen LogP contribution >= 0.6 is 0 Å². The Bertz CT molecular complexity index is 475. The lowest BCUT2D eigenvalue weighted by atomic mass is 9.71. The molecule has 2 heterocycles. The number of nitrogens with one attached hydrogen (secondary N) is 1. The van der Waals surface area contributed by atoms with Gasteiger partial charge in [-0.25, -0.2) is 4.98 Å². The molecule has 4 nitrogen and oxygen atoms in total. The van der Waals surface area contributed by atoms with Crippen LogP contribution in [0, 0.1) is 5.92 Å². The molecule has 0 amide bonds. The normalized spacial score (nSPS) is 30.8. The van der Waals surface area contributed by atoms with Gasteiger partial charge < -0.3 is 15.3 Å². The van der Waals surface area contributed by atoms with Crippen molar-refractivity contribution in [3.8, 4) is 0 Å². The Balaban J connectivity index is 1.70. The summed E-state index contributed by atoms with van der Waals surface area (Å²) < 4.78 is 0. The number of hydrogen-bond acceptors (Lipinski definition) is 4. The van der Waals surface area contributed by atoms with E-state index in [1.165, 1.54) is 18.4 Å². The molecular formula is C17H27N3O. The molecule has 1 aliphatic heterocycles. The first-order valence-corrected chi connectivity index (χ1v) is 8.23. The van der Waals surface area contributed by atoms with E-state index < -0.39 is 5.60 Å². The highest BCUT2D eigenvalue weighted by Crippen LogP contribution is 2.40. The maximum atomic E-state index is 10.7. The van der Waals surface area contributed by atoms with Gasteiger partial charge in [0.2, 0.25) is 0 Å². The van der Waals surface area contributed by atoms with Crippen molar-refractivity contribution in [1.82, 2.24) is 10.3 Å². The molecule has 2 N–H and O–H groups in total. The predicted octanol–water partition coefficient (Wildman–Crippen LogP) is 2.49. The van der Waals surface area contributed by atoms with Gasteiger partial charge >= 0.3 is 0 Å². The molecule has 2 aliphatic rings. The summed E-state index contributed by atoms with van der Waals surface area (Å²) in [5.41, 5.74) is 0.808. The molecule has 4 heteroatoms. The molecule has 1 aromatic heterocycles. The van der Waals surface area contributed by atoms with Gasteiger partial charge in [0.15, 0.2) is 0 Å². The van der Waals surface area contributed by atoms with Crippen molar-refractivity contribution in [2.24, 2.45) is 5.92 Å². The number of pyridine rings is 1. The zero-order chi connectivity index (χ0) is 14.9. The molecule has 116 valence electrons. The first-order valence-electron chi connectivity index (χ1n) is 8.23. The van der Waals surface area contributed by atoms with E-state index in [4.69, 9.17) is 0 Å². The van der Waals surface area contributed by atoms with Gasteiger partial charge in [-0.1, -0.05) is 18.9 Å². The lowest BCUT2D eigenvalue weighted by molar-refractivity contribution is -0.0613. The highest BCUT2D eigenvalue weighted by atomic mass is 16.3. The van der Waals surface area contributed by atoms with E-state index in [9.17, 15) is 5.11 Å². The van der Waals surface area contributed by atoms with Crippen LogP contribution in [0.15, 0.2) is 18.3 Å². The average Bonchev–Trinajstić information content (AvgIpc) is 2.53. The summed E-state index contributed by atoms with van der Waals surface area (Å²) in [6.07, 6.45) is 7.43. The number of aliphatic hydroxyl groups is 1. The Labute approximate surface area is 127 Å². The molecule has 0 bridgehead atoms. The third-order valence-electron chi connectivity index (χ3n) is 5.46. The maximum Gasteiger partial charge on any atom is 0.128 e. The molecule has 21 heavy (non-hydrogen) atoms. The van der Waals surface area contributed by atoms with Crippen molar-refractivity contribution in [3.63, 3.8) is 0 Å². The second kappa shape index (κ2) is 5.93. The summed E-state index contributed by atoms with van der Waals surface area (Å²) in [6, 6.07) is 4.61.